The van der Waals surface area contributed by atoms with Gasteiger partial charge in [0.2, 0.25) is 0 Å². The maximum Gasteiger partial charge on any atom is 0.308 e. The molecule has 0 saturated heterocycles. The quantitative estimate of drug-likeness (QED) is 0.498. The van der Waals surface area contributed by atoms with Gasteiger partial charge in [-0.1, -0.05) is 27.7 Å². The van der Waals surface area contributed by atoms with E-state index in [1.54, 1.807) is 0 Å². The summed E-state index contributed by atoms with van der Waals surface area (Å²) in [5.41, 5.74) is 0. The largest absolute Gasteiger partial charge is 0.465 e. The van der Waals surface area contributed by atoms with Crippen LogP contribution in [0, 0.1) is 11.8 Å². The fourth-order valence-corrected chi connectivity index (χ4v) is 1.05. The molecular weight excluding hydrogens is 190 g/mol. The minimum absolute atomic E-state index is 0.0149. The minimum atomic E-state index is -0.0998. The van der Waals surface area contributed by atoms with E-state index in [-0.39, 0.29) is 11.9 Å². The van der Waals surface area contributed by atoms with E-state index in [0.29, 0.717) is 6.61 Å². The van der Waals surface area contributed by atoms with Gasteiger partial charge in [0.25, 0.3) is 0 Å². The molecule has 3 nitrogen and oxygen atoms in total. The highest BCUT2D eigenvalue weighted by Gasteiger charge is 2.06. The standard InChI is InChI=1S/C12H25NO2/c1-10(2)6-8-13-7-5-9-15-12(14)11(3)4/h10-11,13H,5-9H2,1-4H3. The Morgan fingerprint density at radius 3 is 2.40 bits per heavy atom. The maximum absolute atomic E-state index is 11.1. The van der Waals surface area contributed by atoms with Gasteiger partial charge in [-0.25, -0.2) is 0 Å². The number of hydrogen-bond donors (Lipinski definition) is 1. The van der Waals surface area contributed by atoms with Crippen molar-refractivity contribution < 1.29 is 9.53 Å². The molecule has 0 saturated carbocycles. The lowest BCUT2D eigenvalue weighted by molar-refractivity contribution is -0.147. The predicted octanol–water partition coefficient (Wildman–Crippen LogP) is 2.21. The van der Waals surface area contributed by atoms with Crippen LogP contribution in [-0.4, -0.2) is 25.7 Å². The molecule has 0 rings (SSSR count). The Hall–Kier alpha value is -0.570. The average Bonchev–Trinajstić information content (AvgIpc) is 2.15. The molecule has 0 aromatic heterocycles. The SMILES string of the molecule is CC(C)CCNCCCOC(=O)C(C)C. The van der Waals surface area contributed by atoms with Crippen LogP contribution in [0.5, 0.6) is 0 Å². The Labute approximate surface area is 93.6 Å². The van der Waals surface area contributed by atoms with Gasteiger partial charge in [-0.05, 0) is 31.8 Å². The van der Waals surface area contributed by atoms with Gasteiger partial charge < -0.3 is 10.1 Å². The van der Waals surface area contributed by atoms with Gasteiger partial charge in [0.05, 0.1) is 12.5 Å². The third-order valence-corrected chi connectivity index (χ3v) is 2.11. The average molecular weight is 215 g/mol. The van der Waals surface area contributed by atoms with Gasteiger partial charge >= 0.3 is 5.97 Å². The van der Waals surface area contributed by atoms with Crippen LogP contribution in [0.15, 0.2) is 0 Å². The molecule has 0 heterocycles. The summed E-state index contributed by atoms with van der Waals surface area (Å²) in [6.45, 7) is 10.6. The molecule has 3 heteroatoms. The molecule has 0 fully saturated rings. The van der Waals surface area contributed by atoms with E-state index in [1.807, 2.05) is 13.8 Å². The van der Waals surface area contributed by atoms with E-state index in [9.17, 15) is 4.79 Å². The summed E-state index contributed by atoms with van der Waals surface area (Å²) < 4.78 is 5.05. The first-order valence-corrected chi connectivity index (χ1v) is 5.91. The van der Waals surface area contributed by atoms with E-state index in [0.717, 1.165) is 25.4 Å². The summed E-state index contributed by atoms with van der Waals surface area (Å²) in [5, 5.41) is 3.33. The summed E-state index contributed by atoms with van der Waals surface area (Å²) in [4.78, 5) is 11.1. The van der Waals surface area contributed by atoms with Crippen molar-refractivity contribution in [1.29, 1.82) is 0 Å². The molecule has 0 aliphatic carbocycles. The number of carbonyl (C=O) groups is 1. The lowest BCUT2D eigenvalue weighted by atomic mass is 10.1. The maximum atomic E-state index is 11.1. The van der Waals surface area contributed by atoms with Crippen LogP contribution >= 0.6 is 0 Å². The van der Waals surface area contributed by atoms with Crippen LogP contribution in [0.1, 0.15) is 40.5 Å². The van der Waals surface area contributed by atoms with Gasteiger partial charge in [0, 0.05) is 0 Å². The monoisotopic (exact) mass is 215 g/mol. The van der Waals surface area contributed by atoms with E-state index in [2.05, 4.69) is 19.2 Å². The third-order valence-electron chi connectivity index (χ3n) is 2.11. The summed E-state index contributed by atoms with van der Waals surface area (Å²) in [7, 11) is 0. The Bertz CT molecular complexity index is 167. The second kappa shape index (κ2) is 8.72. The van der Waals surface area contributed by atoms with E-state index >= 15 is 0 Å². The molecule has 0 atom stereocenters. The zero-order valence-electron chi connectivity index (χ0n) is 10.5. The lowest BCUT2D eigenvalue weighted by Crippen LogP contribution is -2.20. The number of carbonyl (C=O) groups excluding carboxylic acids is 1. The van der Waals surface area contributed by atoms with Crippen molar-refractivity contribution in [2.24, 2.45) is 11.8 Å². The van der Waals surface area contributed by atoms with Crippen molar-refractivity contribution in [1.82, 2.24) is 5.32 Å². The van der Waals surface area contributed by atoms with Crippen molar-refractivity contribution in [3.63, 3.8) is 0 Å². The Morgan fingerprint density at radius 1 is 1.20 bits per heavy atom. The molecule has 0 bridgehead atoms. The Balaban J connectivity index is 3.15. The second-order valence-electron chi connectivity index (χ2n) is 4.61. The molecule has 90 valence electrons. The smallest absolute Gasteiger partial charge is 0.308 e. The van der Waals surface area contributed by atoms with Crippen LogP contribution in [0.3, 0.4) is 0 Å². The van der Waals surface area contributed by atoms with Crippen molar-refractivity contribution in [2.45, 2.75) is 40.5 Å². The normalized spacial score (nSPS) is 11.1. The van der Waals surface area contributed by atoms with E-state index < -0.39 is 0 Å². The van der Waals surface area contributed by atoms with Gasteiger partial charge in [0.1, 0.15) is 0 Å². The summed E-state index contributed by atoms with van der Waals surface area (Å²) in [5.74, 6) is 0.632. The molecule has 0 spiro atoms. The highest BCUT2D eigenvalue weighted by molar-refractivity contribution is 5.71. The highest BCUT2D eigenvalue weighted by Crippen LogP contribution is 1.97. The van der Waals surface area contributed by atoms with E-state index in [1.165, 1.54) is 6.42 Å². The molecule has 0 aromatic carbocycles. The molecule has 0 aliphatic heterocycles. The molecule has 0 aliphatic rings. The summed E-state index contributed by atoms with van der Waals surface area (Å²) in [6.07, 6.45) is 2.10. The minimum Gasteiger partial charge on any atom is -0.465 e. The predicted molar refractivity (Wildman–Crippen MR) is 62.7 cm³/mol. The molecule has 0 unspecified atom stereocenters. The first-order chi connectivity index (χ1) is 7.04. The van der Waals surface area contributed by atoms with Gasteiger partial charge in [-0.2, -0.15) is 0 Å². The van der Waals surface area contributed by atoms with Gasteiger partial charge in [-0.3, -0.25) is 4.79 Å². The second-order valence-corrected chi connectivity index (χ2v) is 4.61. The molecular formula is C12H25NO2. The molecule has 0 amide bonds. The summed E-state index contributed by atoms with van der Waals surface area (Å²) in [6, 6.07) is 0. The third kappa shape index (κ3) is 9.73. The molecule has 0 aromatic rings. The van der Waals surface area contributed by atoms with Gasteiger partial charge in [-0.15, -0.1) is 0 Å². The summed E-state index contributed by atoms with van der Waals surface area (Å²) >= 11 is 0. The van der Waals surface area contributed by atoms with Gasteiger partial charge in [0.15, 0.2) is 0 Å². The zero-order chi connectivity index (χ0) is 11.7. The highest BCUT2D eigenvalue weighted by atomic mass is 16.5. The van der Waals surface area contributed by atoms with Crippen molar-refractivity contribution in [3.8, 4) is 0 Å². The Kier molecular flexibility index (Phi) is 8.38. The topological polar surface area (TPSA) is 38.3 Å². The number of hydrogen-bond acceptors (Lipinski definition) is 3. The molecule has 0 radical (unpaired) electrons. The molecule has 1 N–H and O–H groups in total. The number of rotatable bonds is 8. The van der Waals surface area contributed by atoms with Crippen molar-refractivity contribution in [3.05, 3.63) is 0 Å². The van der Waals surface area contributed by atoms with Crippen molar-refractivity contribution >= 4 is 5.97 Å². The van der Waals surface area contributed by atoms with Crippen LogP contribution < -0.4 is 5.32 Å². The van der Waals surface area contributed by atoms with Crippen LogP contribution in [0.2, 0.25) is 0 Å². The van der Waals surface area contributed by atoms with E-state index in [4.69, 9.17) is 4.74 Å². The molecule has 15 heavy (non-hydrogen) atoms. The fraction of sp³-hybridized carbons (Fsp3) is 0.917. The first kappa shape index (κ1) is 14.4. The van der Waals surface area contributed by atoms with Crippen molar-refractivity contribution in [2.75, 3.05) is 19.7 Å². The van der Waals surface area contributed by atoms with Crippen LogP contribution in [0.25, 0.3) is 0 Å². The van der Waals surface area contributed by atoms with Crippen LogP contribution in [0.4, 0.5) is 0 Å². The van der Waals surface area contributed by atoms with Crippen LogP contribution in [-0.2, 0) is 9.53 Å². The fourth-order valence-electron chi connectivity index (χ4n) is 1.05. The Morgan fingerprint density at radius 2 is 1.87 bits per heavy atom. The zero-order valence-corrected chi connectivity index (χ0v) is 10.5. The number of ether oxygens (including phenoxy) is 1. The number of nitrogens with one attached hydrogen (secondary N) is 1. The first-order valence-electron chi connectivity index (χ1n) is 5.91. The number of esters is 1. The lowest BCUT2D eigenvalue weighted by Gasteiger charge is -2.08.